The number of hydrogen-bond donors (Lipinski definition) is 0. The standard InChI is InChI=1S/C6H4ClNO5S.Li/c7-4-1-5(8(9)10)3-6(2-4)14(11,12)13;/h1-3H,(H,11,12,13);/q;+1/p-1. The van der Waals surface area contributed by atoms with Crippen LogP contribution in [0.2, 0.25) is 5.02 Å². The Balaban J connectivity index is 0.00000196. The van der Waals surface area contributed by atoms with Crippen LogP contribution in [-0.2, 0) is 10.1 Å². The molecule has 0 N–H and O–H groups in total. The maximum atomic E-state index is 10.5. The van der Waals surface area contributed by atoms with Gasteiger partial charge in [-0.25, -0.2) is 8.42 Å². The summed E-state index contributed by atoms with van der Waals surface area (Å²) in [5, 5.41) is 10.1. The van der Waals surface area contributed by atoms with Crippen molar-refractivity contribution in [3.8, 4) is 0 Å². The maximum absolute atomic E-state index is 10.5. The fraction of sp³-hybridized carbons (Fsp3) is 0. The topological polar surface area (TPSA) is 100 Å². The summed E-state index contributed by atoms with van der Waals surface area (Å²) in [6.45, 7) is 0. The first-order valence-corrected chi connectivity index (χ1v) is 5.00. The molecule has 0 aliphatic rings. The van der Waals surface area contributed by atoms with E-state index in [0.29, 0.717) is 6.07 Å². The summed E-state index contributed by atoms with van der Waals surface area (Å²) in [4.78, 5) is 8.74. The summed E-state index contributed by atoms with van der Waals surface area (Å²) in [5.41, 5.74) is -0.535. The van der Waals surface area contributed by atoms with Crippen LogP contribution < -0.4 is 18.9 Å². The minimum atomic E-state index is -4.72. The van der Waals surface area contributed by atoms with E-state index in [0.717, 1.165) is 12.1 Å². The zero-order valence-electron chi connectivity index (χ0n) is 7.51. The molecular weight excluding hydrogens is 241 g/mol. The molecule has 1 aromatic carbocycles. The summed E-state index contributed by atoms with van der Waals surface area (Å²) >= 11 is 5.39. The fourth-order valence-electron chi connectivity index (χ4n) is 0.798. The number of hydrogen-bond acceptors (Lipinski definition) is 5. The SMILES string of the molecule is O=[N+]([O-])c1cc(Cl)cc(S(=O)(=O)[O-])c1.[Li+]. The Labute approximate surface area is 102 Å². The van der Waals surface area contributed by atoms with Crippen molar-refractivity contribution in [1.82, 2.24) is 0 Å². The number of benzene rings is 1. The molecule has 15 heavy (non-hydrogen) atoms. The van der Waals surface area contributed by atoms with E-state index in [9.17, 15) is 23.1 Å². The Morgan fingerprint density at radius 3 is 2.20 bits per heavy atom. The van der Waals surface area contributed by atoms with Crippen molar-refractivity contribution >= 4 is 27.4 Å². The van der Waals surface area contributed by atoms with Crippen LogP contribution >= 0.6 is 11.6 Å². The second-order valence-corrected chi connectivity index (χ2v) is 4.17. The van der Waals surface area contributed by atoms with Crippen LogP contribution in [0, 0.1) is 10.1 Å². The predicted molar refractivity (Wildman–Crippen MR) is 46.1 cm³/mol. The molecule has 0 radical (unpaired) electrons. The first-order valence-electron chi connectivity index (χ1n) is 3.21. The minimum absolute atomic E-state index is 0. The van der Waals surface area contributed by atoms with E-state index < -0.39 is 25.6 Å². The van der Waals surface area contributed by atoms with Crippen LogP contribution in [0.1, 0.15) is 0 Å². The van der Waals surface area contributed by atoms with Gasteiger partial charge in [-0.2, -0.15) is 0 Å². The third-order valence-electron chi connectivity index (χ3n) is 1.36. The Morgan fingerprint density at radius 1 is 1.27 bits per heavy atom. The first-order chi connectivity index (χ1) is 6.30. The monoisotopic (exact) mass is 243 g/mol. The summed E-state index contributed by atoms with van der Waals surface area (Å²) in [5.74, 6) is 0. The Hall–Kier alpha value is -0.583. The first kappa shape index (κ1) is 14.4. The second-order valence-electron chi connectivity index (χ2n) is 2.36. The number of nitrogens with zero attached hydrogens (tertiary/aromatic N) is 1. The van der Waals surface area contributed by atoms with Gasteiger partial charge in [-0.3, -0.25) is 10.1 Å². The van der Waals surface area contributed by atoms with E-state index in [1.165, 1.54) is 0 Å². The molecule has 0 amide bonds. The smallest absolute Gasteiger partial charge is 0.744 e. The molecule has 0 fully saturated rings. The van der Waals surface area contributed by atoms with Gasteiger partial charge in [-0.15, -0.1) is 0 Å². The van der Waals surface area contributed by atoms with Gasteiger partial charge >= 0.3 is 18.9 Å². The molecule has 0 saturated carbocycles. The Morgan fingerprint density at radius 2 is 1.80 bits per heavy atom. The van der Waals surface area contributed by atoms with Gasteiger partial charge in [0, 0.05) is 17.2 Å². The van der Waals surface area contributed by atoms with Crippen molar-refractivity contribution in [3.05, 3.63) is 33.3 Å². The molecule has 0 aliphatic carbocycles. The summed E-state index contributed by atoms with van der Waals surface area (Å²) in [6, 6.07) is 2.47. The van der Waals surface area contributed by atoms with E-state index in [1.54, 1.807) is 0 Å². The van der Waals surface area contributed by atoms with Gasteiger partial charge < -0.3 is 4.55 Å². The van der Waals surface area contributed by atoms with E-state index in [4.69, 9.17) is 11.6 Å². The molecule has 9 heteroatoms. The van der Waals surface area contributed by atoms with Gasteiger partial charge in [0.25, 0.3) is 5.69 Å². The van der Waals surface area contributed by atoms with Crippen LogP contribution in [0.3, 0.4) is 0 Å². The van der Waals surface area contributed by atoms with Crippen LogP contribution in [0.4, 0.5) is 5.69 Å². The van der Waals surface area contributed by atoms with E-state index in [-0.39, 0.29) is 23.9 Å². The third-order valence-corrected chi connectivity index (χ3v) is 2.39. The van der Waals surface area contributed by atoms with Crippen LogP contribution in [0.25, 0.3) is 0 Å². The number of halogens is 1. The van der Waals surface area contributed by atoms with Gasteiger partial charge in [0.15, 0.2) is 0 Å². The molecule has 0 bridgehead atoms. The molecule has 0 spiro atoms. The summed E-state index contributed by atoms with van der Waals surface area (Å²) in [6.07, 6.45) is 0. The van der Waals surface area contributed by atoms with Crippen molar-refractivity contribution in [2.45, 2.75) is 4.90 Å². The van der Waals surface area contributed by atoms with Gasteiger partial charge in [0.05, 0.1) is 9.82 Å². The summed E-state index contributed by atoms with van der Waals surface area (Å²) < 4.78 is 31.6. The Kier molecular flexibility index (Phi) is 4.77. The molecule has 1 aromatic rings. The van der Waals surface area contributed by atoms with Crippen LogP contribution in [0.5, 0.6) is 0 Å². The second kappa shape index (κ2) is 4.96. The molecule has 0 atom stereocenters. The maximum Gasteiger partial charge on any atom is 1.00 e. The van der Waals surface area contributed by atoms with E-state index in [2.05, 4.69) is 0 Å². The molecule has 0 unspecified atom stereocenters. The van der Waals surface area contributed by atoms with Crippen molar-refractivity contribution in [1.29, 1.82) is 0 Å². The van der Waals surface area contributed by atoms with Crippen molar-refractivity contribution < 1.29 is 36.8 Å². The predicted octanol–water partition coefficient (Wildman–Crippen LogP) is -1.84. The van der Waals surface area contributed by atoms with E-state index >= 15 is 0 Å². The van der Waals surface area contributed by atoms with Gasteiger partial charge in [-0.1, -0.05) is 11.6 Å². The third kappa shape index (κ3) is 3.81. The number of nitro groups is 1. The van der Waals surface area contributed by atoms with Crippen molar-refractivity contribution in [2.75, 3.05) is 0 Å². The average molecular weight is 244 g/mol. The largest absolute Gasteiger partial charge is 1.00 e. The number of non-ortho nitro benzene ring substituents is 1. The summed E-state index contributed by atoms with van der Waals surface area (Å²) in [7, 11) is -4.72. The molecule has 6 nitrogen and oxygen atoms in total. The van der Waals surface area contributed by atoms with Gasteiger partial charge in [0.2, 0.25) is 0 Å². The molecular formula is C6H3ClLiNO5S. The van der Waals surface area contributed by atoms with E-state index in [1.807, 2.05) is 0 Å². The van der Waals surface area contributed by atoms with Crippen molar-refractivity contribution in [3.63, 3.8) is 0 Å². The minimum Gasteiger partial charge on any atom is -0.744 e. The number of rotatable bonds is 2. The average Bonchev–Trinajstić information content (AvgIpc) is 2.01. The molecule has 0 aliphatic heterocycles. The zero-order valence-corrected chi connectivity index (χ0v) is 9.08. The number of nitro benzene ring substituents is 1. The molecule has 0 aromatic heterocycles. The quantitative estimate of drug-likeness (QED) is 0.263. The molecule has 76 valence electrons. The zero-order chi connectivity index (χ0) is 10.9. The van der Waals surface area contributed by atoms with Crippen LogP contribution in [0.15, 0.2) is 23.1 Å². The Bertz CT molecular complexity index is 488. The molecule has 0 heterocycles. The van der Waals surface area contributed by atoms with Gasteiger partial charge in [0.1, 0.15) is 10.1 Å². The van der Waals surface area contributed by atoms with Gasteiger partial charge in [-0.05, 0) is 6.07 Å². The van der Waals surface area contributed by atoms with Crippen molar-refractivity contribution in [2.24, 2.45) is 0 Å². The fourth-order valence-corrected chi connectivity index (χ4v) is 1.63. The molecule has 0 saturated heterocycles. The molecule has 1 rings (SSSR count). The normalized spacial score (nSPS) is 10.5. The van der Waals surface area contributed by atoms with Crippen LogP contribution in [-0.4, -0.2) is 17.9 Å².